The van der Waals surface area contributed by atoms with Crippen LogP contribution in [0.1, 0.15) is 36.8 Å². The van der Waals surface area contributed by atoms with Gasteiger partial charge < -0.3 is 5.32 Å². The van der Waals surface area contributed by atoms with Gasteiger partial charge in [-0.3, -0.25) is 0 Å². The molecule has 0 aliphatic heterocycles. The molecule has 0 spiro atoms. The molecule has 1 saturated carbocycles. The van der Waals surface area contributed by atoms with Gasteiger partial charge in [0.1, 0.15) is 5.54 Å². The minimum absolute atomic E-state index is 0.310. The smallest absolute Gasteiger partial charge is 0.107 e. The fraction of sp³-hybridized carbons (Fsp3) is 0.562. The fourth-order valence-corrected chi connectivity index (χ4v) is 4.12. The van der Waals surface area contributed by atoms with E-state index >= 15 is 0 Å². The maximum atomic E-state index is 9.38. The average molecular weight is 274 g/mol. The van der Waals surface area contributed by atoms with Crippen molar-refractivity contribution >= 4 is 11.8 Å². The van der Waals surface area contributed by atoms with Crippen LogP contribution in [-0.4, -0.2) is 17.8 Å². The monoisotopic (exact) mass is 274 g/mol. The molecule has 0 saturated heterocycles. The second-order valence-corrected chi connectivity index (χ2v) is 6.90. The maximum absolute atomic E-state index is 9.38. The quantitative estimate of drug-likeness (QED) is 0.910. The van der Waals surface area contributed by atoms with Crippen LogP contribution in [0.3, 0.4) is 0 Å². The fourth-order valence-electron chi connectivity index (χ4n) is 2.69. The van der Waals surface area contributed by atoms with E-state index in [0.717, 1.165) is 19.3 Å². The molecule has 0 radical (unpaired) electrons. The number of rotatable bonds is 3. The van der Waals surface area contributed by atoms with Gasteiger partial charge in [0.2, 0.25) is 0 Å². The van der Waals surface area contributed by atoms with Gasteiger partial charge in [0.05, 0.1) is 6.07 Å². The van der Waals surface area contributed by atoms with Crippen molar-refractivity contribution in [3.8, 4) is 6.07 Å². The Morgan fingerprint density at radius 1 is 1.37 bits per heavy atom. The molecule has 1 aromatic rings. The van der Waals surface area contributed by atoms with Crippen molar-refractivity contribution < 1.29 is 0 Å². The van der Waals surface area contributed by atoms with Gasteiger partial charge in [-0.25, -0.2) is 0 Å². The summed E-state index contributed by atoms with van der Waals surface area (Å²) in [6, 6.07) is 9.14. The van der Waals surface area contributed by atoms with Crippen LogP contribution in [0.25, 0.3) is 0 Å². The first kappa shape index (κ1) is 14.4. The number of nitrogens with zero attached hydrogens (tertiary/aromatic N) is 1. The van der Waals surface area contributed by atoms with Crippen LogP contribution < -0.4 is 5.32 Å². The largest absolute Gasteiger partial charge is 0.302 e. The molecule has 3 heteroatoms. The van der Waals surface area contributed by atoms with E-state index < -0.39 is 0 Å². The normalized spacial score (nSPS) is 26.9. The van der Waals surface area contributed by atoms with E-state index in [2.05, 4.69) is 43.4 Å². The lowest BCUT2D eigenvalue weighted by Crippen LogP contribution is -2.46. The Morgan fingerprint density at radius 3 is 2.79 bits per heavy atom. The van der Waals surface area contributed by atoms with Crippen LogP contribution in [0.4, 0.5) is 0 Å². The Labute approximate surface area is 120 Å². The highest BCUT2D eigenvalue weighted by Gasteiger charge is 2.35. The van der Waals surface area contributed by atoms with E-state index in [1.54, 1.807) is 0 Å². The highest BCUT2D eigenvalue weighted by Crippen LogP contribution is 2.38. The summed E-state index contributed by atoms with van der Waals surface area (Å²) in [5.74, 6) is 0. The SMILES string of the molecule is CNC1(C#N)CCCC(Sc2ccc(C)c(C)c2)C1. The molecule has 1 aliphatic carbocycles. The van der Waals surface area contributed by atoms with Gasteiger partial charge in [-0.1, -0.05) is 6.07 Å². The van der Waals surface area contributed by atoms with Gasteiger partial charge in [-0.15, -0.1) is 11.8 Å². The minimum atomic E-state index is -0.310. The molecule has 1 fully saturated rings. The number of aryl methyl sites for hydroxylation is 2. The Morgan fingerprint density at radius 2 is 2.16 bits per heavy atom. The van der Waals surface area contributed by atoms with E-state index in [1.807, 2.05) is 18.8 Å². The minimum Gasteiger partial charge on any atom is -0.302 e. The predicted octanol–water partition coefficient (Wildman–Crippen LogP) is 3.82. The molecule has 0 amide bonds. The summed E-state index contributed by atoms with van der Waals surface area (Å²) in [6.07, 6.45) is 4.27. The van der Waals surface area contributed by atoms with Crippen LogP contribution in [0.5, 0.6) is 0 Å². The predicted molar refractivity (Wildman–Crippen MR) is 81.4 cm³/mol. The maximum Gasteiger partial charge on any atom is 0.107 e. The van der Waals surface area contributed by atoms with Gasteiger partial charge in [0.25, 0.3) is 0 Å². The van der Waals surface area contributed by atoms with Crippen LogP contribution in [-0.2, 0) is 0 Å². The number of hydrogen-bond acceptors (Lipinski definition) is 3. The molecule has 1 aromatic carbocycles. The third-order valence-electron chi connectivity index (χ3n) is 4.18. The summed E-state index contributed by atoms with van der Waals surface area (Å²) in [4.78, 5) is 1.33. The third-order valence-corrected chi connectivity index (χ3v) is 5.44. The zero-order chi connectivity index (χ0) is 13.9. The van der Waals surface area contributed by atoms with Crippen LogP contribution in [0.15, 0.2) is 23.1 Å². The van der Waals surface area contributed by atoms with Gasteiger partial charge >= 0.3 is 0 Å². The molecule has 0 bridgehead atoms. The van der Waals surface area contributed by atoms with Gasteiger partial charge in [-0.2, -0.15) is 5.26 Å². The van der Waals surface area contributed by atoms with E-state index in [9.17, 15) is 5.26 Å². The number of hydrogen-bond donors (Lipinski definition) is 1. The zero-order valence-corrected chi connectivity index (χ0v) is 12.8. The molecule has 1 N–H and O–H groups in total. The van der Waals surface area contributed by atoms with Crippen LogP contribution in [0, 0.1) is 25.2 Å². The summed E-state index contributed by atoms with van der Waals surface area (Å²) in [6.45, 7) is 4.31. The molecule has 1 aliphatic rings. The van der Waals surface area contributed by atoms with Crippen molar-refractivity contribution in [2.75, 3.05) is 7.05 Å². The molecule has 19 heavy (non-hydrogen) atoms. The topological polar surface area (TPSA) is 35.8 Å². The molecular formula is C16H22N2S. The van der Waals surface area contributed by atoms with Crippen molar-refractivity contribution in [3.05, 3.63) is 29.3 Å². The van der Waals surface area contributed by atoms with E-state index in [0.29, 0.717) is 5.25 Å². The standard InChI is InChI=1S/C16H22N2S/c1-12-6-7-14(9-13(12)2)19-15-5-4-8-16(10-15,11-17)18-3/h6-7,9,15,18H,4-5,8,10H2,1-3H3. The second kappa shape index (κ2) is 5.98. The van der Waals surface area contributed by atoms with Gasteiger partial charge in [-0.05, 0) is 69.8 Å². The summed E-state index contributed by atoms with van der Waals surface area (Å²) in [7, 11) is 1.91. The molecule has 2 nitrogen and oxygen atoms in total. The van der Waals surface area contributed by atoms with Gasteiger partial charge in [0, 0.05) is 10.1 Å². The third kappa shape index (κ3) is 3.32. The zero-order valence-electron chi connectivity index (χ0n) is 12.0. The lowest BCUT2D eigenvalue weighted by atomic mass is 9.83. The summed E-state index contributed by atoms with van der Waals surface area (Å²) in [5, 5.41) is 13.2. The molecule has 102 valence electrons. The Hall–Kier alpha value is -0.980. The Bertz CT molecular complexity index is 492. The van der Waals surface area contributed by atoms with E-state index in [4.69, 9.17) is 0 Å². The summed E-state index contributed by atoms with van der Waals surface area (Å²) >= 11 is 1.93. The van der Waals surface area contributed by atoms with Crippen molar-refractivity contribution in [3.63, 3.8) is 0 Å². The van der Waals surface area contributed by atoms with Crippen molar-refractivity contribution in [1.29, 1.82) is 5.26 Å². The Kier molecular flexibility index (Phi) is 4.54. The molecular weight excluding hydrogens is 252 g/mol. The second-order valence-electron chi connectivity index (χ2n) is 5.53. The molecule has 2 unspecified atom stereocenters. The van der Waals surface area contributed by atoms with E-state index in [-0.39, 0.29) is 5.54 Å². The van der Waals surface area contributed by atoms with Crippen molar-refractivity contribution in [2.24, 2.45) is 0 Å². The van der Waals surface area contributed by atoms with Crippen LogP contribution >= 0.6 is 11.8 Å². The van der Waals surface area contributed by atoms with E-state index in [1.165, 1.54) is 22.4 Å². The highest BCUT2D eigenvalue weighted by molar-refractivity contribution is 8.00. The first-order valence-electron chi connectivity index (χ1n) is 6.93. The number of nitriles is 1. The van der Waals surface area contributed by atoms with Crippen molar-refractivity contribution in [1.82, 2.24) is 5.32 Å². The Balaban J connectivity index is 2.07. The molecule has 2 rings (SSSR count). The van der Waals surface area contributed by atoms with Gasteiger partial charge in [0.15, 0.2) is 0 Å². The average Bonchev–Trinajstić information content (AvgIpc) is 2.43. The first-order chi connectivity index (χ1) is 9.08. The lowest BCUT2D eigenvalue weighted by Gasteiger charge is -2.35. The van der Waals surface area contributed by atoms with Crippen molar-refractivity contribution in [2.45, 2.75) is 55.2 Å². The lowest BCUT2D eigenvalue weighted by molar-refractivity contribution is 0.323. The number of nitrogens with one attached hydrogen (secondary N) is 1. The van der Waals surface area contributed by atoms with Crippen LogP contribution in [0.2, 0.25) is 0 Å². The number of thioether (sulfide) groups is 1. The molecule has 2 atom stereocenters. The molecule has 0 aromatic heterocycles. The molecule has 0 heterocycles. The summed E-state index contributed by atoms with van der Waals surface area (Å²) in [5.41, 5.74) is 2.38. The first-order valence-corrected chi connectivity index (χ1v) is 7.80. The highest BCUT2D eigenvalue weighted by atomic mass is 32.2. The summed E-state index contributed by atoms with van der Waals surface area (Å²) < 4.78 is 0. The number of benzene rings is 1.